The molecule has 0 spiro atoms. The molecule has 0 aliphatic heterocycles. The van der Waals surface area contributed by atoms with Gasteiger partial charge >= 0.3 is 0 Å². The molecule has 0 amide bonds. The maximum atomic E-state index is 2.47. The van der Waals surface area contributed by atoms with Crippen molar-refractivity contribution in [3.05, 3.63) is 65.9 Å². The molecule has 1 fully saturated rings. The van der Waals surface area contributed by atoms with E-state index in [0.29, 0.717) is 0 Å². The molecule has 1 saturated carbocycles. The highest BCUT2D eigenvalue weighted by molar-refractivity contribution is 5.94. The van der Waals surface area contributed by atoms with Gasteiger partial charge in [0.25, 0.3) is 0 Å². The molecule has 0 N–H and O–H groups in total. The van der Waals surface area contributed by atoms with Crippen LogP contribution in [-0.2, 0) is 7.05 Å². The Balaban J connectivity index is 1.91. The number of rotatable bonds is 2. The quantitative estimate of drug-likeness (QED) is 0.535. The highest BCUT2D eigenvalue weighted by Crippen LogP contribution is 2.35. The number of hydrogen-bond acceptors (Lipinski definition) is 0. The molecule has 0 atom stereocenters. The summed E-state index contributed by atoms with van der Waals surface area (Å²) < 4.78 is 2.27. The third-order valence-corrected chi connectivity index (χ3v) is 5.64. The van der Waals surface area contributed by atoms with E-state index in [-0.39, 0.29) is 0 Å². The van der Waals surface area contributed by atoms with Crippen LogP contribution >= 0.6 is 0 Å². The van der Waals surface area contributed by atoms with Crippen molar-refractivity contribution < 1.29 is 4.57 Å². The maximum absolute atomic E-state index is 2.47. The highest BCUT2D eigenvalue weighted by Gasteiger charge is 2.20. The van der Waals surface area contributed by atoms with Gasteiger partial charge in [-0.2, -0.15) is 0 Å². The van der Waals surface area contributed by atoms with Crippen LogP contribution in [-0.4, -0.2) is 0 Å². The van der Waals surface area contributed by atoms with Gasteiger partial charge in [0.15, 0.2) is 6.20 Å². The first-order chi connectivity index (χ1) is 11.7. The first kappa shape index (κ1) is 15.4. The standard InChI is InChI=1S/C23H26N/c1-17-8-6-7-11-21(17)23-22-16-20(18-9-4-3-5-10-18)13-12-19(22)14-15-24(23)2/h6-8,11-16,18H,3-5,9-10H2,1-2H3/q+1. The summed E-state index contributed by atoms with van der Waals surface area (Å²) in [5, 5.41) is 2.73. The Hall–Kier alpha value is -2.15. The van der Waals surface area contributed by atoms with E-state index in [1.807, 2.05) is 0 Å². The molecule has 4 rings (SSSR count). The Labute approximate surface area is 145 Å². The summed E-state index contributed by atoms with van der Waals surface area (Å²) in [5.41, 5.74) is 5.54. The molecular formula is C23H26N+. The van der Waals surface area contributed by atoms with Crippen LogP contribution < -0.4 is 4.57 Å². The fourth-order valence-electron chi connectivity index (χ4n) is 4.24. The van der Waals surface area contributed by atoms with Crippen molar-refractivity contribution in [2.24, 2.45) is 7.05 Å². The Morgan fingerprint density at radius 3 is 2.50 bits per heavy atom. The fraction of sp³-hybridized carbons (Fsp3) is 0.348. The number of hydrogen-bond donors (Lipinski definition) is 0. The van der Waals surface area contributed by atoms with Crippen molar-refractivity contribution in [3.63, 3.8) is 0 Å². The van der Waals surface area contributed by atoms with Crippen LogP contribution in [0.25, 0.3) is 22.0 Å². The number of aryl methyl sites for hydroxylation is 2. The second-order valence-corrected chi connectivity index (χ2v) is 7.27. The molecule has 1 heterocycles. The summed E-state index contributed by atoms with van der Waals surface area (Å²) in [4.78, 5) is 0. The van der Waals surface area contributed by atoms with Crippen LogP contribution in [0.5, 0.6) is 0 Å². The summed E-state index contributed by atoms with van der Waals surface area (Å²) in [7, 11) is 2.16. The lowest BCUT2D eigenvalue weighted by Gasteiger charge is -2.22. The van der Waals surface area contributed by atoms with Gasteiger partial charge in [-0.15, -0.1) is 0 Å². The number of nitrogens with zero attached hydrogens (tertiary/aromatic N) is 1. The molecule has 0 saturated heterocycles. The first-order valence-corrected chi connectivity index (χ1v) is 9.22. The van der Waals surface area contributed by atoms with Crippen LogP contribution in [0.4, 0.5) is 0 Å². The summed E-state index contributed by atoms with van der Waals surface area (Å²) in [6.45, 7) is 2.21. The molecule has 0 radical (unpaired) electrons. The van der Waals surface area contributed by atoms with Gasteiger partial charge in [-0.3, -0.25) is 0 Å². The molecular weight excluding hydrogens is 290 g/mol. The lowest BCUT2D eigenvalue weighted by molar-refractivity contribution is -0.659. The fourth-order valence-corrected chi connectivity index (χ4v) is 4.24. The zero-order valence-electron chi connectivity index (χ0n) is 14.8. The second-order valence-electron chi connectivity index (χ2n) is 7.27. The molecule has 1 nitrogen and oxygen atoms in total. The Morgan fingerprint density at radius 1 is 0.917 bits per heavy atom. The van der Waals surface area contributed by atoms with E-state index in [1.165, 1.54) is 65.3 Å². The van der Waals surface area contributed by atoms with E-state index < -0.39 is 0 Å². The van der Waals surface area contributed by atoms with Gasteiger partial charge in [-0.25, -0.2) is 4.57 Å². The Morgan fingerprint density at radius 2 is 1.71 bits per heavy atom. The Bertz CT molecular complexity index is 872. The lowest BCUT2D eigenvalue weighted by atomic mass is 9.83. The van der Waals surface area contributed by atoms with Crippen LogP contribution in [0, 0.1) is 6.92 Å². The predicted octanol–water partition coefficient (Wildman–Crippen LogP) is 5.69. The second kappa shape index (κ2) is 6.39. The van der Waals surface area contributed by atoms with Crippen LogP contribution in [0.1, 0.15) is 49.1 Å². The average molecular weight is 316 g/mol. The smallest absolute Gasteiger partial charge is 0.200 e. The molecule has 0 unspecified atom stereocenters. The Kier molecular flexibility index (Phi) is 4.10. The molecule has 2 aromatic carbocycles. The summed E-state index contributed by atoms with van der Waals surface area (Å²) >= 11 is 0. The van der Waals surface area contributed by atoms with Gasteiger partial charge in [0, 0.05) is 11.6 Å². The van der Waals surface area contributed by atoms with Gasteiger partial charge in [-0.05, 0) is 54.3 Å². The molecule has 24 heavy (non-hydrogen) atoms. The van der Waals surface area contributed by atoms with E-state index >= 15 is 0 Å². The molecule has 122 valence electrons. The lowest BCUT2D eigenvalue weighted by Crippen LogP contribution is -2.30. The highest BCUT2D eigenvalue weighted by atomic mass is 14.9. The zero-order chi connectivity index (χ0) is 16.5. The number of benzene rings is 2. The van der Waals surface area contributed by atoms with Crippen molar-refractivity contribution in [3.8, 4) is 11.3 Å². The van der Waals surface area contributed by atoms with Gasteiger partial charge in [-0.1, -0.05) is 49.6 Å². The van der Waals surface area contributed by atoms with Crippen LogP contribution in [0.2, 0.25) is 0 Å². The van der Waals surface area contributed by atoms with E-state index in [1.54, 1.807) is 0 Å². The minimum atomic E-state index is 0.749. The largest absolute Gasteiger partial charge is 0.220 e. The number of aromatic nitrogens is 1. The zero-order valence-corrected chi connectivity index (χ0v) is 14.8. The monoisotopic (exact) mass is 316 g/mol. The first-order valence-electron chi connectivity index (χ1n) is 9.22. The third-order valence-electron chi connectivity index (χ3n) is 5.64. The van der Waals surface area contributed by atoms with Crippen molar-refractivity contribution in [2.75, 3.05) is 0 Å². The number of pyridine rings is 1. The summed E-state index contributed by atoms with van der Waals surface area (Å²) in [6, 6.07) is 18.1. The molecule has 0 bridgehead atoms. The van der Waals surface area contributed by atoms with Crippen molar-refractivity contribution in [1.82, 2.24) is 0 Å². The minimum absolute atomic E-state index is 0.749. The molecule has 1 aliphatic rings. The van der Waals surface area contributed by atoms with E-state index in [4.69, 9.17) is 0 Å². The van der Waals surface area contributed by atoms with Crippen molar-refractivity contribution in [1.29, 1.82) is 0 Å². The van der Waals surface area contributed by atoms with E-state index in [9.17, 15) is 0 Å². The van der Waals surface area contributed by atoms with E-state index in [2.05, 4.69) is 73.3 Å². The minimum Gasteiger partial charge on any atom is -0.200 e. The van der Waals surface area contributed by atoms with Crippen LogP contribution in [0.3, 0.4) is 0 Å². The molecule has 1 heteroatoms. The maximum Gasteiger partial charge on any atom is 0.220 e. The average Bonchev–Trinajstić information content (AvgIpc) is 2.63. The topological polar surface area (TPSA) is 3.88 Å². The van der Waals surface area contributed by atoms with Gasteiger partial charge in [0.05, 0.1) is 5.39 Å². The summed E-state index contributed by atoms with van der Waals surface area (Å²) in [6.07, 6.45) is 9.07. The van der Waals surface area contributed by atoms with Crippen LogP contribution in [0.15, 0.2) is 54.7 Å². The van der Waals surface area contributed by atoms with E-state index in [0.717, 1.165) is 5.92 Å². The molecule has 1 aliphatic carbocycles. The normalized spacial score (nSPS) is 15.8. The number of fused-ring (bicyclic) bond motifs is 1. The van der Waals surface area contributed by atoms with Crippen molar-refractivity contribution >= 4 is 10.8 Å². The molecule has 3 aromatic rings. The van der Waals surface area contributed by atoms with Gasteiger partial charge in [0.1, 0.15) is 7.05 Å². The van der Waals surface area contributed by atoms with Crippen molar-refractivity contribution in [2.45, 2.75) is 44.9 Å². The summed E-state index contributed by atoms with van der Waals surface area (Å²) in [5.74, 6) is 0.749. The van der Waals surface area contributed by atoms with Gasteiger partial charge < -0.3 is 0 Å². The SMILES string of the molecule is Cc1ccccc1-c1c2cc(C3CCCCC3)ccc2cc[n+]1C. The molecule has 1 aromatic heterocycles. The predicted molar refractivity (Wildman–Crippen MR) is 101 cm³/mol. The third kappa shape index (κ3) is 2.73. The van der Waals surface area contributed by atoms with Gasteiger partial charge in [0.2, 0.25) is 5.69 Å².